The van der Waals surface area contributed by atoms with Crippen LogP contribution in [0.15, 0.2) is 29.2 Å². The molecule has 21 heavy (non-hydrogen) atoms. The number of ketones is 1. The first-order chi connectivity index (χ1) is 10.1. The highest BCUT2D eigenvalue weighted by Crippen LogP contribution is 2.40. The quantitative estimate of drug-likeness (QED) is 0.858. The highest BCUT2D eigenvalue weighted by molar-refractivity contribution is 7.99. The lowest BCUT2D eigenvalue weighted by atomic mass is 9.94. The number of aromatic nitrogens is 2. The first kappa shape index (κ1) is 14.7. The van der Waals surface area contributed by atoms with E-state index in [0.717, 1.165) is 29.2 Å². The van der Waals surface area contributed by atoms with Crippen molar-refractivity contribution in [1.29, 1.82) is 0 Å². The largest absolute Gasteiger partial charge is 0.299 e. The zero-order chi connectivity index (χ0) is 15.0. The molecule has 0 spiro atoms. The summed E-state index contributed by atoms with van der Waals surface area (Å²) < 4.78 is 1.84. The second kappa shape index (κ2) is 5.85. The second-order valence-corrected chi connectivity index (χ2v) is 6.65. The lowest BCUT2D eigenvalue weighted by Crippen LogP contribution is -2.17. The summed E-state index contributed by atoms with van der Waals surface area (Å²) >= 11 is 8.06. The first-order valence-corrected chi connectivity index (χ1v) is 8.44. The van der Waals surface area contributed by atoms with E-state index in [0.29, 0.717) is 11.4 Å². The highest BCUT2D eigenvalue weighted by atomic mass is 35.5. The summed E-state index contributed by atoms with van der Waals surface area (Å²) in [5.41, 5.74) is 2.79. The minimum atomic E-state index is -0.0252. The molecule has 1 unspecified atom stereocenters. The monoisotopic (exact) mass is 320 g/mol. The van der Waals surface area contributed by atoms with Crippen LogP contribution in [0, 0.1) is 6.92 Å². The maximum absolute atomic E-state index is 12.7. The Labute approximate surface area is 133 Å². The van der Waals surface area contributed by atoms with E-state index in [9.17, 15) is 4.79 Å². The minimum Gasteiger partial charge on any atom is -0.299 e. The molecule has 0 fully saturated rings. The summed E-state index contributed by atoms with van der Waals surface area (Å²) in [7, 11) is 0. The van der Waals surface area contributed by atoms with Gasteiger partial charge in [-0.15, -0.1) is 11.8 Å². The molecule has 1 atom stereocenters. The molecule has 2 heterocycles. The third-order valence-corrected chi connectivity index (χ3v) is 5.56. The van der Waals surface area contributed by atoms with Crippen molar-refractivity contribution in [2.45, 2.75) is 37.6 Å². The predicted molar refractivity (Wildman–Crippen MR) is 86.3 cm³/mol. The van der Waals surface area contributed by atoms with Crippen molar-refractivity contribution in [3.8, 4) is 0 Å². The summed E-state index contributed by atoms with van der Waals surface area (Å²) in [6.07, 6.45) is 0.354. The number of carbonyl (C=O) groups excluding carboxylic acids is 1. The van der Waals surface area contributed by atoms with Crippen LogP contribution in [-0.4, -0.2) is 21.3 Å². The first-order valence-electron chi connectivity index (χ1n) is 7.08. The molecule has 1 aromatic carbocycles. The van der Waals surface area contributed by atoms with Crippen molar-refractivity contribution < 1.29 is 4.79 Å². The van der Waals surface area contributed by atoms with Gasteiger partial charge in [-0.2, -0.15) is 5.10 Å². The van der Waals surface area contributed by atoms with Gasteiger partial charge in [0.25, 0.3) is 0 Å². The Morgan fingerprint density at radius 1 is 1.48 bits per heavy atom. The summed E-state index contributed by atoms with van der Waals surface area (Å²) in [6, 6.07) is 8.16. The number of aryl methyl sites for hydroxylation is 2. The van der Waals surface area contributed by atoms with Crippen LogP contribution in [0.5, 0.6) is 0 Å². The Morgan fingerprint density at radius 3 is 3.00 bits per heavy atom. The van der Waals surface area contributed by atoms with Gasteiger partial charge in [0.2, 0.25) is 0 Å². The van der Waals surface area contributed by atoms with Crippen LogP contribution in [0.3, 0.4) is 0 Å². The van der Waals surface area contributed by atoms with Gasteiger partial charge in [-0.05, 0) is 25.5 Å². The van der Waals surface area contributed by atoms with Gasteiger partial charge in [-0.25, -0.2) is 0 Å². The molecular formula is C16H17ClN2OS. The summed E-state index contributed by atoms with van der Waals surface area (Å²) in [6.45, 7) is 4.62. The average molecular weight is 321 g/mol. The fraction of sp³-hybridized carbons (Fsp3) is 0.375. The summed E-state index contributed by atoms with van der Waals surface area (Å²) in [5.74, 6) is 1.03. The minimum absolute atomic E-state index is 0.0252. The molecule has 0 radical (unpaired) electrons. The van der Waals surface area contributed by atoms with Gasteiger partial charge >= 0.3 is 0 Å². The molecule has 0 bridgehead atoms. The Bertz CT molecular complexity index is 696. The number of carbonyl (C=O) groups is 1. The van der Waals surface area contributed by atoms with Crippen LogP contribution in [0.2, 0.25) is 5.02 Å². The van der Waals surface area contributed by atoms with Crippen LogP contribution < -0.4 is 0 Å². The number of nitrogens with zero attached hydrogens (tertiary/aromatic N) is 2. The van der Waals surface area contributed by atoms with E-state index in [1.807, 2.05) is 30.7 Å². The average Bonchev–Trinajstić information content (AvgIpc) is 3.03. The SMILES string of the molecule is CCn1nc(C)c(Cl)c1CC(=O)C1CSc2ccccc21. The number of halogens is 1. The van der Waals surface area contributed by atoms with Crippen LogP contribution in [0.4, 0.5) is 0 Å². The predicted octanol–water partition coefficient (Wildman–Crippen LogP) is 3.87. The van der Waals surface area contributed by atoms with E-state index in [4.69, 9.17) is 11.6 Å². The van der Waals surface area contributed by atoms with Crippen molar-refractivity contribution in [2.75, 3.05) is 5.75 Å². The molecule has 0 N–H and O–H groups in total. The van der Waals surface area contributed by atoms with Gasteiger partial charge in [0.1, 0.15) is 5.78 Å². The summed E-state index contributed by atoms with van der Waals surface area (Å²) in [5, 5.41) is 5.01. The third-order valence-electron chi connectivity index (χ3n) is 3.88. The van der Waals surface area contributed by atoms with Crippen molar-refractivity contribution in [2.24, 2.45) is 0 Å². The zero-order valence-electron chi connectivity index (χ0n) is 12.1. The molecule has 3 nitrogen and oxygen atoms in total. The van der Waals surface area contributed by atoms with E-state index in [2.05, 4.69) is 17.2 Å². The molecule has 1 aromatic heterocycles. The standard InChI is InChI=1S/C16H17ClN2OS/c1-3-19-13(16(17)10(2)18-19)8-14(20)12-9-21-15-7-5-4-6-11(12)15/h4-7,12H,3,8-9H2,1-2H3. The number of fused-ring (bicyclic) bond motifs is 1. The maximum Gasteiger partial charge on any atom is 0.147 e. The topological polar surface area (TPSA) is 34.9 Å². The molecule has 5 heteroatoms. The summed E-state index contributed by atoms with van der Waals surface area (Å²) in [4.78, 5) is 13.9. The number of rotatable bonds is 4. The Hall–Kier alpha value is -1.26. The molecule has 0 amide bonds. The number of hydrogen-bond donors (Lipinski definition) is 0. The van der Waals surface area contributed by atoms with Gasteiger partial charge in [0.15, 0.2) is 0 Å². The van der Waals surface area contributed by atoms with Crippen LogP contribution >= 0.6 is 23.4 Å². The van der Waals surface area contributed by atoms with Crippen molar-refractivity contribution in [3.05, 3.63) is 46.2 Å². The molecule has 1 aliphatic heterocycles. The number of hydrogen-bond acceptors (Lipinski definition) is 3. The van der Waals surface area contributed by atoms with Gasteiger partial charge in [-0.3, -0.25) is 9.48 Å². The molecule has 0 aliphatic carbocycles. The normalized spacial score (nSPS) is 17.0. The third kappa shape index (κ3) is 2.62. The van der Waals surface area contributed by atoms with Crippen molar-refractivity contribution in [1.82, 2.24) is 9.78 Å². The van der Waals surface area contributed by atoms with Gasteiger partial charge < -0.3 is 0 Å². The number of Topliss-reactive ketones (excluding diaryl/α,β-unsaturated/α-hetero) is 1. The number of benzene rings is 1. The van der Waals surface area contributed by atoms with E-state index in [-0.39, 0.29) is 11.7 Å². The molecule has 0 saturated heterocycles. The Balaban J connectivity index is 1.85. The second-order valence-electron chi connectivity index (χ2n) is 5.21. The highest BCUT2D eigenvalue weighted by Gasteiger charge is 2.30. The molecule has 1 aliphatic rings. The smallest absolute Gasteiger partial charge is 0.147 e. The van der Waals surface area contributed by atoms with Crippen LogP contribution in [0.1, 0.15) is 29.8 Å². The fourth-order valence-electron chi connectivity index (χ4n) is 2.76. The molecule has 2 aromatic rings. The lowest BCUT2D eigenvalue weighted by Gasteiger charge is -2.11. The number of thioether (sulfide) groups is 1. The molecule has 3 rings (SSSR count). The van der Waals surface area contributed by atoms with E-state index < -0.39 is 0 Å². The van der Waals surface area contributed by atoms with Gasteiger partial charge in [0, 0.05) is 17.2 Å². The maximum atomic E-state index is 12.7. The van der Waals surface area contributed by atoms with Crippen molar-refractivity contribution >= 4 is 29.1 Å². The lowest BCUT2D eigenvalue weighted by molar-refractivity contribution is -0.119. The fourth-order valence-corrected chi connectivity index (χ4v) is 4.22. The molecule has 110 valence electrons. The van der Waals surface area contributed by atoms with E-state index in [1.54, 1.807) is 11.8 Å². The van der Waals surface area contributed by atoms with E-state index in [1.165, 1.54) is 4.90 Å². The van der Waals surface area contributed by atoms with Gasteiger partial charge in [-0.1, -0.05) is 29.8 Å². The zero-order valence-corrected chi connectivity index (χ0v) is 13.7. The van der Waals surface area contributed by atoms with Crippen molar-refractivity contribution in [3.63, 3.8) is 0 Å². The Kier molecular flexibility index (Phi) is 4.09. The van der Waals surface area contributed by atoms with E-state index >= 15 is 0 Å². The Morgan fingerprint density at radius 2 is 2.24 bits per heavy atom. The van der Waals surface area contributed by atoms with Crippen LogP contribution in [-0.2, 0) is 17.8 Å². The van der Waals surface area contributed by atoms with Gasteiger partial charge in [0.05, 0.1) is 28.7 Å². The molecule has 0 saturated carbocycles. The molecular weight excluding hydrogens is 304 g/mol. The van der Waals surface area contributed by atoms with Crippen LogP contribution in [0.25, 0.3) is 0 Å².